The second-order valence-electron chi connectivity index (χ2n) is 6.63. The molecule has 0 spiro atoms. The molecule has 0 bridgehead atoms. The molecule has 0 saturated heterocycles. The maximum Gasteiger partial charge on any atom is 0.416 e. The normalized spacial score (nSPS) is 10.6. The number of hydrogen-bond donors (Lipinski definition) is 0. The smallest absolute Gasteiger partial charge is 0.416 e. The molecular formula is C24H19BrN2O2S. The van der Waals surface area contributed by atoms with Crippen molar-refractivity contribution < 1.29 is 9.53 Å². The number of rotatable bonds is 6. The van der Waals surface area contributed by atoms with Crippen LogP contribution in [0.5, 0.6) is 0 Å². The van der Waals surface area contributed by atoms with Crippen molar-refractivity contribution in [3.63, 3.8) is 0 Å². The predicted molar refractivity (Wildman–Crippen MR) is 125 cm³/mol. The van der Waals surface area contributed by atoms with Crippen LogP contribution in [0.4, 0.5) is 9.93 Å². The van der Waals surface area contributed by atoms with Gasteiger partial charge in [-0.15, -0.1) is 11.3 Å². The van der Waals surface area contributed by atoms with E-state index in [0.29, 0.717) is 11.7 Å². The van der Waals surface area contributed by atoms with Crippen LogP contribution in [-0.2, 0) is 17.9 Å². The topological polar surface area (TPSA) is 42.4 Å². The second kappa shape index (κ2) is 9.69. The van der Waals surface area contributed by atoms with Crippen molar-refractivity contribution in [2.45, 2.75) is 13.2 Å². The molecule has 150 valence electrons. The lowest BCUT2D eigenvalue weighted by Crippen LogP contribution is -2.30. The van der Waals surface area contributed by atoms with Gasteiger partial charge in [-0.2, -0.15) is 0 Å². The molecule has 4 aromatic rings. The van der Waals surface area contributed by atoms with Gasteiger partial charge in [0.1, 0.15) is 6.61 Å². The predicted octanol–water partition coefficient (Wildman–Crippen LogP) is 6.92. The Bertz CT molecular complexity index is 1100. The highest BCUT2D eigenvalue weighted by Crippen LogP contribution is 2.30. The number of halogens is 1. The fourth-order valence-electron chi connectivity index (χ4n) is 2.91. The average molecular weight is 479 g/mol. The van der Waals surface area contributed by atoms with Gasteiger partial charge in [-0.05, 0) is 23.3 Å². The number of carbonyl (C=O) groups excluding carboxylic acids is 1. The van der Waals surface area contributed by atoms with E-state index >= 15 is 0 Å². The minimum atomic E-state index is -0.417. The van der Waals surface area contributed by atoms with Gasteiger partial charge in [0.05, 0.1) is 12.2 Å². The van der Waals surface area contributed by atoms with Crippen LogP contribution in [0, 0.1) is 0 Å². The minimum absolute atomic E-state index is 0.218. The number of nitrogens with zero attached hydrogens (tertiary/aromatic N) is 2. The molecule has 0 aliphatic heterocycles. The summed E-state index contributed by atoms with van der Waals surface area (Å²) in [5, 5.41) is 2.57. The van der Waals surface area contributed by atoms with Gasteiger partial charge in [-0.25, -0.2) is 14.7 Å². The van der Waals surface area contributed by atoms with Gasteiger partial charge in [0, 0.05) is 15.4 Å². The molecule has 30 heavy (non-hydrogen) atoms. The number of anilines is 1. The summed E-state index contributed by atoms with van der Waals surface area (Å²) in [6.07, 6.45) is -0.417. The first kappa shape index (κ1) is 20.3. The minimum Gasteiger partial charge on any atom is -0.444 e. The standard InChI is InChI=1S/C24H19BrN2O2S/c25-21-13-11-20(12-14-21)22-17-30-23(26-22)27(15-18-7-3-1-4-8-18)24(28)29-16-19-9-5-2-6-10-19/h1-14,17H,15-16H2. The molecule has 0 unspecified atom stereocenters. The molecule has 1 amide bonds. The molecule has 0 aliphatic rings. The molecule has 4 rings (SSSR count). The third-order valence-corrected chi connectivity index (χ3v) is 5.86. The Morgan fingerprint density at radius 1 is 0.900 bits per heavy atom. The van der Waals surface area contributed by atoms with Crippen LogP contribution in [0.25, 0.3) is 11.3 Å². The fraction of sp³-hybridized carbons (Fsp3) is 0.0833. The quantitative estimate of drug-likeness (QED) is 0.302. The van der Waals surface area contributed by atoms with Crippen LogP contribution in [0.2, 0.25) is 0 Å². The summed E-state index contributed by atoms with van der Waals surface area (Å²) in [4.78, 5) is 19.3. The van der Waals surface area contributed by atoms with E-state index in [9.17, 15) is 4.79 Å². The number of amides is 1. The lowest BCUT2D eigenvalue weighted by molar-refractivity contribution is 0.146. The summed E-state index contributed by atoms with van der Waals surface area (Å²) in [6.45, 7) is 0.609. The van der Waals surface area contributed by atoms with E-state index in [0.717, 1.165) is 26.9 Å². The van der Waals surface area contributed by atoms with Crippen LogP contribution in [0.1, 0.15) is 11.1 Å². The van der Waals surface area contributed by atoms with E-state index in [1.54, 1.807) is 4.90 Å². The summed E-state index contributed by atoms with van der Waals surface area (Å²) < 4.78 is 6.61. The van der Waals surface area contributed by atoms with Crippen molar-refractivity contribution >= 4 is 38.5 Å². The first-order valence-corrected chi connectivity index (χ1v) is 11.1. The molecule has 0 saturated carbocycles. The van der Waals surface area contributed by atoms with Gasteiger partial charge >= 0.3 is 6.09 Å². The summed E-state index contributed by atoms with van der Waals surface area (Å²) in [5.41, 5.74) is 3.78. The molecule has 0 aliphatic carbocycles. The lowest BCUT2D eigenvalue weighted by Gasteiger charge is -2.19. The zero-order valence-corrected chi connectivity index (χ0v) is 18.5. The summed E-state index contributed by atoms with van der Waals surface area (Å²) in [7, 11) is 0. The number of hydrogen-bond acceptors (Lipinski definition) is 4. The van der Waals surface area contributed by atoms with Crippen molar-refractivity contribution in [2.75, 3.05) is 4.90 Å². The first-order chi connectivity index (χ1) is 14.7. The molecule has 0 atom stereocenters. The molecular weight excluding hydrogens is 460 g/mol. The zero-order chi connectivity index (χ0) is 20.8. The fourth-order valence-corrected chi connectivity index (χ4v) is 4.00. The van der Waals surface area contributed by atoms with Crippen LogP contribution in [0.15, 0.2) is 94.8 Å². The Morgan fingerprint density at radius 3 is 2.20 bits per heavy atom. The highest BCUT2D eigenvalue weighted by Gasteiger charge is 2.21. The van der Waals surface area contributed by atoms with E-state index < -0.39 is 6.09 Å². The van der Waals surface area contributed by atoms with Crippen LogP contribution in [0.3, 0.4) is 0 Å². The van der Waals surface area contributed by atoms with Gasteiger partial charge in [0.15, 0.2) is 5.13 Å². The van der Waals surface area contributed by atoms with Gasteiger partial charge < -0.3 is 4.74 Å². The first-order valence-electron chi connectivity index (χ1n) is 9.42. The van der Waals surface area contributed by atoms with E-state index in [1.807, 2.05) is 90.3 Å². The molecule has 4 nitrogen and oxygen atoms in total. The Kier molecular flexibility index (Phi) is 6.57. The average Bonchev–Trinajstić information content (AvgIpc) is 3.27. The lowest BCUT2D eigenvalue weighted by atomic mass is 10.2. The van der Waals surface area contributed by atoms with E-state index in [1.165, 1.54) is 11.3 Å². The van der Waals surface area contributed by atoms with E-state index in [2.05, 4.69) is 15.9 Å². The number of benzene rings is 3. The van der Waals surface area contributed by atoms with E-state index in [4.69, 9.17) is 9.72 Å². The van der Waals surface area contributed by atoms with Gasteiger partial charge in [-0.1, -0.05) is 88.7 Å². The van der Waals surface area contributed by atoms with Crippen molar-refractivity contribution in [2.24, 2.45) is 0 Å². The number of aromatic nitrogens is 1. The zero-order valence-electron chi connectivity index (χ0n) is 16.1. The molecule has 0 N–H and O–H groups in total. The molecule has 3 aromatic carbocycles. The highest BCUT2D eigenvalue weighted by molar-refractivity contribution is 9.10. The Morgan fingerprint density at radius 2 is 1.53 bits per heavy atom. The SMILES string of the molecule is O=C(OCc1ccccc1)N(Cc1ccccc1)c1nc(-c2ccc(Br)cc2)cs1. The Hall–Kier alpha value is -2.96. The van der Waals surface area contributed by atoms with Crippen molar-refractivity contribution in [1.82, 2.24) is 4.98 Å². The summed E-state index contributed by atoms with van der Waals surface area (Å²) in [5.74, 6) is 0. The second-order valence-corrected chi connectivity index (χ2v) is 8.39. The molecule has 0 fully saturated rings. The molecule has 1 heterocycles. The third kappa shape index (κ3) is 5.14. The number of ether oxygens (including phenoxy) is 1. The third-order valence-electron chi connectivity index (χ3n) is 4.47. The summed E-state index contributed by atoms with van der Waals surface area (Å²) in [6, 6.07) is 27.4. The molecule has 6 heteroatoms. The van der Waals surface area contributed by atoms with Crippen molar-refractivity contribution in [1.29, 1.82) is 0 Å². The largest absolute Gasteiger partial charge is 0.444 e. The number of thiazole rings is 1. The maximum absolute atomic E-state index is 13.0. The van der Waals surface area contributed by atoms with Crippen LogP contribution in [-0.4, -0.2) is 11.1 Å². The maximum atomic E-state index is 13.0. The van der Waals surface area contributed by atoms with Crippen molar-refractivity contribution in [3.8, 4) is 11.3 Å². The van der Waals surface area contributed by atoms with Crippen molar-refractivity contribution in [3.05, 3.63) is 106 Å². The highest BCUT2D eigenvalue weighted by atomic mass is 79.9. The molecule has 1 aromatic heterocycles. The van der Waals surface area contributed by atoms with Gasteiger partial charge in [0.25, 0.3) is 0 Å². The van der Waals surface area contributed by atoms with Gasteiger partial charge in [0.2, 0.25) is 0 Å². The Labute approximate surface area is 187 Å². The van der Waals surface area contributed by atoms with Crippen LogP contribution < -0.4 is 4.90 Å². The van der Waals surface area contributed by atoms with E-state index in [-0.39, 0.29) is 6.61 Å². The molecule has 0 radical (unpaired) electrons. The number of carbonyl (C=O) groups is 1. The summed E-state index contributed by atoms with van der Waals surface area (Å²) >= 11 is 4.88. The van der Waals surface area contributed by atoms with Crippen LogP contribution >= 0.6 is 27.3 Å². The van der Waals surface area contributed by atoms with Gasteiger partial charge in [-0.3, -0.25) is 0 Å². The monoisotopic (exact) mass is 478 g/mol. The Balaban J connectivity index is 1.57.